The van der Waals surface area contributed by atoms with Crippen LogP contribution in [0.2, 0.25) is 0 Å². The van der Waals surface area contributed by atoms with E-state index in [-0.39, 0.29) is 0 Å². The molecule has 12 heavy (non-hydrogen) atoms. The summed E-state index contributed by atoms with van der Waals surface area (Å²) in [4.78, 5) is 0. The van der Waals surface area contributed by atoms with Gasteiger partial charge in [-0.2, -0.15) is 0 Å². The van der Waals surface area contributed by atoms with Crippen molar-refractivity contribution >= 4 is 0 Å². The highest BCUT2D eigenvalue weighted by atomic mass is 16.5. The number of benzene rings is 1. The molecule has 1 N–H and O–H groups in total. The lowest BCUT2D eigenvalue weighted by Crippen LogP contribution is -2.08. The van der Waals surface area contributed by atoms with Crippen LogP contribution in [0.5, 0.6) is 5.75 Å². The highest BCUT2D eigenvalue weighted by Crippen LogP contribution is 2.20. The lowest BCUT2D eigenvalue weighted by atomic mass is 10.2. The lowest BCUT2D eigenvalue weighted by Gasteiger charge is -2.03. The van der Waals surface area contributed by atoms with E-state index in [0.29, 0.717) is 0 Å². The topological polar surface area (TPSA) is 21.3 Å². The maximum atomic E-state index is 5.44. The van der Waals surface area contributed by atoms with Crippen LogP contribution in [0, 0.1) is 0 Å². The van der Waals surface area contributed by atoms with Crippen LogP contribution in [-0.2, 0) is 6.54 Å². The van der Waals surface area contributed by atoms with Crippen molar-refractivity contribution in [1.29, 1.82) is 0 Å². The molecule has 1 aliphatic heterocycles. The number of hydrogen-bond acceptors (Lipinski definition) is 2. The predicted molar refractivity (Wildman–Crippen MR) is 47.7 cm³/mol. The van der Waals surface area contributed by atoms with Crippen molar-refractivity contribution in [2.75, 3.05) is 0 Å². The Hall–Kier alpha value is -1.44. The van der Waals surface area contributed by atoms with Gasteiger partial charge in [0.1, 0.15) is 12.0 Å². The maximum absolute atomic E-state index is 5.44. The molecule has 1 aromatic carbocycles. The van der Waals surface area contributed by atoms with Crippen LogP contribution in [0.25, 0.3) is 0 Å². The zero-order chi connectivity index (χ0) is 8.39. The minimum Gasteiger partial charge on any atom is -0.463 e. The molecule has 1 aliphatic rings. The number of hydrogen-bond donors (Lipinski definition) is 1. The Morgan fingerprint density at radius 2 is 2.17 bits per heavy atom. The summed E-state index contributed by atoms with van der Waals surface area (Å²) in [5.74, 6) is 0.946. The molecule has 2 heteroatoms. The van der Waals surface area contributed by atoms with Crippen LogP contribution in [0.3, 0.4) is 0 Å². The number of ether oxygens (including phenoxy) is 1. The van der Waals surface area contributed by atoms with Gasteiger partial charge in [-0.25, -0.2) is 0 Å². The second-order valence-electron chi connectivity index (χ2n) is 2.88. The molecule has 2 rings (SSSR count). The Morgan fingerprint density at radius 1 is 1.33 bits per heavy atom. The molecule has 0 bridgehead atoms. The summed E-state index contributed by atoms with van der Waals surface area (Å²) in [6.45, 7) is 2.84. The van der Waals surface area contributed by atoms with Crippen molar-refractivity contribution in [2.45, 2.75) is 13.5 Å². The molecule has 62 valence electrons. The fraction of sp³-hybridized carbons (Fsp3) is 0.200. The van der Waals surface area contributed by atoms with E-state index in [1.165, 1.54) is 5.56 Å². The van der Waals surface area contributed by atoms with Crippen LogP contribution < -0.4 is 10.1 Å². The fourth-order valence-corrected chi connectivity index (χ4v) is 1.19. The van der Waals surface area contributed by atoms with Crippen LogP contribution in [0.4, 0.5) is 0 Å². The third-order valence-electron chi connectivity index (χ3n) is 1.89. The number of fused-ring (bicyclic) bond motifs is 1. The minimum absolute atomic E-state index is 0.846. The molecule has 0 spiro atoms. The summed E-state index contributed by atoms with van der Waals surface area (Å²) in [6.07, 6.45) is 1.74. The Labute approximate surface area is 71.9 Å². The van der Waals surface area contributed by atoms with E-state index in [4.69, 9.17) is 4.74 Å². The number of rotatable bonds is 0. The van der Waals surface area contributed by atoms with Crippen LogP contribution in [-0.4, -0.2) is 0 Å². The number of para-hydroxylation sites is 1. The highest BCUT2D eigenvalue weighted by Gasteiger charge is 2.05. The predicted octanol–water partition coefficient (Wildman–Crippen LogP) is 2.03. The van der Waals surface area contributed by atoms with Crippen molar-refractivity contribution in [2.24, 2.45) is 0 Å². The van der Waals surface area contributed by atoms with E-state index >= 15 is 0 Å². The third kappa shape index (κ3) is 1.28. The van der Waals surface area contributed by atoms with Crippen molar-refractivity contribution in [1.82, 2.24) is 5.32 Å². The Kier molecular flexibility index (Phi) is 1.74. The van der Waals surface area contributed by atoms with Gasteiger partial charge in [0.25, 0.3) is 0 Å². The van der Waals surface area contributed by atoms with Gasteiger partial charge in [-0.15, -0.1) is 0 Å². The average Bonchev–Trinajstić information content (AvgIpc) is 2.29. The molecule has 2 nitrogen and oxygen atoms in total. The highest BCUT2D eigenvalue weighted by molar-refractivity contribution is 5.35. The van der Waals surface area contributed by atoms with Crippen LogP contribution in [0.15, 0.2) is 36.2 Å². The van der Waals surface area contributed by atoms with E-state index in [0.717, 1.165) is 18.0 Å². The first-order valence-electron chi connectivity index (χ1n) is 4.01. The van der Waals surface area contributed by atoms with Crippen molar-refractivity contribution in [3.63, 3.8) is 0 Å². The Balaban J connectivity index is 2.35. The molecule has 1 heterocycles. The van der Waals surface area contributed by atoms with Crippen molar-refractivity contribution in [3.8, 4) is 5.75 Å². The molecule has 0 radical (unpaired) electrons. The molecule has 0 saturated carbocycles. The van der Waals surface area contributed by atoms with E-state index < -0.39 is 0 Å². The summed E-state index contributed by atoms with van der Waals surface area (Å²) in [5.41, 5.74) is 2.26. The molecule has 0 unspecified atom stereocenters. The normalized spacial score (nSPS) is 14.9. The molecule has 0 aromatic heterocycles. The zero-order valence-electron chi connectivity index (χ0n) is 7.00. The first-order valence-corrected chi connectivity index (χ1v) is 4.01. The summed E-state index contributed by atoms with van der Waals surface area (Å²) in [7, 11) is 0. The van der Waals surface area contributed by atoms with Gasteiger partial charge in [-0.05, 0) is 13.0 Å². The molecular weight excluding hydrogens is 150 g/mol. The molecule has 0 saturated heterocycles. The average molecular weight is 161 g/mol. The first kappa shape index (κ1) is 7.22. The number of nitrogens with one attached hydrogen (secondary N) is 1. The number of allylic oxidation sites excluding steroid dienone is 1. The minimum atomic E-state index is 0.846. The maximum Gasteiger partial charge on any atom is 0.131 e. The molecule has 0 fully saturated rings. The van der Waals surface area contributed by atoms with Gasteiger partial charge in [0, 0.05) is 17.8 Å². The van der Waals surface area contributed by atoms with Crippen molar-refractivity contribution < 1.29 is 4.74 Å². The first-order chi connectivity index (χ1) is 5.86. The third-order valence-corrected chi connectivity index (χ3v) is 1.89. The summed E-state index contributed by atoms with van der Waals surface area (Å²) in [5, 5.41) is 3.24. The molecule has 1 aromatic rings. The lowest BCUT2D eigenvalue weighted by molar-refractivity contribution is 0.475. The van der Waals surface area contributed by atoms with E-state index in [1.54, 1.807) is 6.26 Å². The van der Waals surface area contributed by atoms with E-state index in [1.807, 2.05) is 25.1 Å². The Bertz CT molecular complexity index is 317. The SMILES string of the molecule is CC1=COc2ccccc2CN1. The van der Waals surface area contributed by atoms with Crippen LogP contribution >= 0.6 is 0 Å². The van der Waals surface area contributed by atoms with Crippen molar-refractivity contribution in [3.05, 3.63) is 41.8 Å². The zero-order valence-corrected chi connectivity index (χ0v) is 7.00. The van der Waals surface area contributed by atoms with Crippen LogP contribution in [0.1, 0.15) is 12.5 Å². The standard InChI is InChI=1S/C10H11NO/c1-8-7-12-10-5-3-2-4-9(10)6-11-8/h2-5,7,11H,6H2,1H3. The van der Waals surface area contributed by atoms with Gasteiger partial charge in [0.15, 0.2) is 0 Å². The molecular formula is C10H11NO. The van der Waals surface area contributed by atoms with Gasteiger partial charge in [0.2, 0.25) is 0 Å². The van der Waals surface area contributed by atoms with Gasteiger partial charge in [-0.1, -0.05) is 18.2 Å². The second-order valence-corrected chi connectivity index (χ2v) is 2.88. The summed E-state index contributed by atoms with van der Waals surface area (Å²) >= 11 is 0. The summed E-state index contributed by atoms with van der Waals surface area (Å²) < 4.78 is 5.44. The second kappa shape index (κ2) is 2.89. The summed E-state index contributed by atoms with van der Waals surface area (Å²) in [6, 6.07) is 8.04. The van der Waals surface area contributed by atoms with E-state index in [9.17, 15) is 0 Å². The molecule has 0 amide bonds. The fourth-order valence-electron chi connectivity index (χ4n) is 1.19. The van der Waals surface area contributed by atoms with Gasteiger partial charge >= 0.3 is 0 Å². The largest absolute Gasteiger partial charge is 0.463 e. The smallest absolute Gasteiger partial charge is 0.131 e. The quantitative estimate of drug-likeness (QED) is 0.628. The monoisotopic (exact) mass is 161 g/mol. The molecule has 0 aliphatic carbocycles. The molecule has 0 atom stereocenters. The van der Waals surface area contributed by atoms with Gasteiger partial charge < -0.3 is 10.1 Å². The van der Waals surface area contributed by atoms with E-state index in [2.05, 4.69) is 11.4 Å². The van der Waals surface area contributed by atoms with Gasteiger partial charge in [-0.3, -0.25) is 0 Å². The Morgan fingerprint density at radius 3 is 3.08 bits per heavy atom. The van der Waals surface area contributed by atoms with Gasteiger partial charge in [0.05, 0.1) is 0 Å².